The van der Waals surface area contributed by atoms with Gasteiger partial charge in [-0.15, -0.1) is 0 Å². The Labute approximate surface area is 78.8 Å². The molecule has 0 bridgehead atoms. The van der Waals surface area contributed by atoms with Gasteiger partial charge in [-0.05, 0) is 14.0 Å². The van der Waals surface area contributed by atoms with Crippen molar-refractivity contribution < 1.29 is 9.90 Å². The molecule has 0 aliphatic heterocycles. The minimum absolute atomic E-state index is 0.0500. The van der Waals surface area contributed by atoms with Crippen LogP contribution < -0.4 is 0 Å². The van der Waals surface area contributed by atoms with Crippen molar-refractivity contribution >= 4 is 5.97 Å². The standard InChI is InChI=1S/C9H16N2O2/c1-7(4-10)5-11(3)6-8(2)9(12)13/h7-8H,5-6H2,1-3H3,(H,12,13). The van der Waals surface area contributed by atoms with E-state index in [9.17, 15) is 4.79 Å². The number of carboxylic acids is 1. The molecule has 1 N–H and O–H groups in total. The van der Waals surface area contributed by atoms with E-state index < -0.39 is 5.97 Å². The van der Waals surface area contributed by atoms with Gasteiger partial charge in [-0.2, -0.15) is 5.26 Å². The summed E-state index contributed by atoms with van der Waals surface area (Å²) in [7, 11) is 1.83. The molecule has 4 heteroatoms. The molecule has 0 aromatic carbocycles. The molecule has 0 aromatic heterocycles. The molecule has 0 amide bonds. The average Bonchev–Trinajstić information content (AvgIpc) is 2.03. The van der Waals surface area contributed by atoms with E-state index in [1.807, 2.05) is 18.9 Å². The second-order valence-corrected chi connectivity index (χ2v) is 3.49. The molecule has 0 aliphatic rings. The summed E-state index contributed by atoms with van der Waals surface area (Å²) in [6, 6.07) is 2.11. The van der Waals surface area contributed by atoms with Gasteiger partial charge in [-0.1, -0.05) is 6.92 Å². The molecule has 0 aliphatic carbocycles. The average molecular weight is 184 g/mol. The molecule has 0 saturated heterocycles. The zero-order valence-electron chi connectivity index (χ0n) is 8.32. The van der Waals surface area contributed by atoms with Crippen molar-refractivity contribution in [2.75, 3.05) is 20.1 Å². The maximum absolute atomic E-state index is 10.5. The van der Waals surface area contributed by atoms with E-state index in [1.54, 1.807) is 6.92 Å². The maximum atomic E-state index is 10.5. The number of carboxylic acid groups (broad SMARTS) is 1. The van der Waals surface area contributed by atoms with Crippen LogP contribution in [-0.2, 0) is 4.79 Å². The lowest BCUT2D eigenvalue weighted by Crippen LogP contribution is -2.31. The first kappa shape index (κ1) is 11.9. The molecular weight excluding hydrogens is 168 g/mol. The summed E-state index contributed by atoms with van der Waals surface area (Å²) < 4.78 is 0. The number of nitriles is 1. The summed E-state index contributed by atoms with van der Waals surface area (Å²) in [5.41, 5.74) is 0. The highest BCUT2D eigenvalue weighted by Gasteiger charge is 2.14. The Morgan fingerprint density at radius 3 is 2.46 bits per heavy atom. The van der Waals surface area contributed by atoms with E-state index in [1.165, 1.54) is 0 Å². The van der Waals surface area contributed by atoms with Gasteiger partial charge in [0.05, 0.1) is 17.9 Å². The number of carbonyl (C=O) groups is 1. The summed E-state index contributed by atoms with van der Waals surface area (Å²) in [4.78, 5) is 12.4. The quantitative estimate of drug-likeness (QED) is 0.686. The summed E-state index contributed by atoms with van der Waals surface area (Å²) >= 11 is 0. The fourth-order valence-corrected chi connectivity index (χ4v) is 1.13. The largest absolute Gasteiger partial charge is 0.481 e. The fraction of sp³-hybridized carbons (Fsp3) is 0.778. The summed E-state index contributed by atoms with van der Waals surface area (Å²) in [5.74, 6) is -1.22. The zero-order valence-corrected chi connectivity index (χ0v) is 8.32. The fourth-order valence-electron chi connectivity index (χ4n) is 1.13. The molecule has 0 rings (SSSR count). The summed E-state index contributed by atoms with van der Waals surface area (Å²) in [5, 5.41) is 17.2. The minimum atomic E-state index is -0.795. The van der Waals surface area contributed by atoms with Crippen LogP contribution in [0.1, 0.15) is 13.8 Å². The van der Waals surface area contributed by atoms with Crippen LogP contribution in [0.25, 0.3) is 0 Å². The highest BCUT2D eigenvalue weighted by molar-refractivity contribution is 5.69. The van der Waals surface area contributed by atoms with Crippen molar-refractivity contribution in [3.05, 3.63) is 0 Å². The monoisotopic (exact) mass is 184 g/mol. The predicted molar refractivity (Wildman–Crippen MR) is 49.1 cm³/mol. The molecule has 4 nitrogen and oxygen atoms in total. The lowest BCUT2D eigenvalue weighted by molar-refractivity contribution is -0.141. The van der Waals surface area contributed by atoms with E-state index >= 15 is 0 Å². The maximum Gasteiger partial charge on any atom is 0.307 e. The number of hydrogen-bond acceptors (Lipinski definition) is 3. The molecule has 0 fully saturated rings. The topological polar surface area (TPSA) is 64.3 Å². The van der Waals surface area contributed by atoms with E-state index in [-0.39, 0.29) is 11.8 Å². The molecule has 0 heterocycles. The van der Waals surface area contributed by atoms with Gasteiger partial charge in [0, 0.05) is 13.1 Å². The first-order chi connectivity index (χ1) is 5.97. The Morgan fingerprint density at radius 1 is 1.54 bits per heavy atom. The van der Waals surface area contributed by atoms with Gasteiger partial charge < -0.3 is 10.0 Å². The smallest absolute Gasteiger partial charge is 0.307 e. The van der Waals surface area contributed by atoms with Crippen molar-refractivity contribution in [2.45, 2.75) is 13.8 Å². The zero-order chi connectivity index (χ0) is 10.4. The normalized spacial score (nSPS) is 15.0. The van der Waals surface area contributed by atoms with Crippen molar-refractivity contribution in [2.24, 2.45) is 11.8 Å². The second kappa shape index (κ2) is 5.55. The molecule has 0 spiro atoms. The van der Waals surface area contributed by atoms with Gasteiger partial charge in [0.15, 0.2) is 0 Å². The van der Waals surface area contributed by atoms with Crippen LogP contribution in [0.3, 0.4) is 0 Å². The van der Waals surface area contributed by atoms with Gasteiger partial charge in [-0.25, -0.2) is 0 Å². The third-order valence-electron chi connectivity index (χ3n) is 1.81. The Kier molecular flexibility index (Phi) is 5.09. The number of hydrogen-bond donors (Lipinski definition) is 1. The lowest BCUT2D eigenvalue weighted by atomic mass is 10.1. The van der Waals surface area contributed by atoms with E-state index in [0.717, 1.165) is 0 Å². The van der Waals surface area contributed by atoms with Gasteiger partial charge in [0.1, 0.15) is 0 Å². The third-order valence-corrected chi connectivity index (χ3v) is 1.81. The molecule has 74 valence electrons. The molecule has 13 heavy (non-hydrogen) atoms. The van der Waals surface area contributed by atoms with Crippen molar-refractivity contribution in [3.8, 4) is 6.07 Å². The van der Waals surface area contributed by atoms with Crippen molar-refractivity contribution in [1.82, 2.24) is 4.90 Å². The van der Waals surface area contributed by atoms with Gasteiger partial charge >= 0.3 is 5.97 Å². The van der Waals surface area contributed by atoms with Crippen molar-refractivity contribution in [3.63, 3.8) is 0 Å². The Balaban J connectivity index is 3.81. The molecular formula is C9H16N2O2. The van der Waals surface area contributed by atoms with Gasteiger partial charge in [-0.3, -0.25) is 4.79 Å². The van der Waals surface area contributed by atoms with Crippen LogP contribution in [0.4, 0.5) is 0 Å². The van der Waals surface area contributed by atoms with Gasteiger partial charge in [0.2, 0.25) is 0 Å². The summed E-state index contributed by atoms with van der Waals surface area (Å²) in [6.45, 7) is 4.59. The molecule has 0 aromatic rings. The van der Waals surface area contributed by atoms with Crippen LogP contribution in [0.2, 0.25) is 0 Å². The van der Waals surface area contributed by atoms with Crippen molar-refractivity contribution in [1.29, 1.82) is 5.26 Å². The van der Waals surface area contributed by atoms with E-state index in [4.69, 9.17) is 10.4 Å². The molecule has 0 saturated carbocycles. The van der Waals surface area contributed by atoms with E-state index in [2.05, 4.69) is 6.07 Å². The van der Waals surface area contributed by atoms with Crippen LogP contribution >= 0.6 is 0 Å². The number of nitrogens with zero attached hydrogens (tertiary/aromatic N) is 2. The van der Waals surface area contributed by atoms with Crippen LogP contribution in [0, 0.1) is 23.2 Å². The number of aliphatic carboxylic acids is 1. The van der Waals surface area contributed by atoms with Gasteiger partial charge in [0.25, 0.3) is 0 Å². The second-order valence-electron chi connectivity index (χ2n) is 3.49. The Hall–Kier alpha value is -1.08. The SMILES string of the molecule is CC(C#N)CN(C)CC(C)C(=O)O. The van der Waals surface area contributed by atoms with Crippen LogP contribution in [-0.4, -0.2) is 36.1 Å². The molecule has 0 radical (unpaired) electrons. The first-order valence-electron chi connectivity index (χ1n) is 4.28. The summed E-state index contributed by atoms with van der Waals surface area (Å²) in [6.07, 6.45) is 0. The Morgan fingerprint density at radius 2 is 2.08 bits per heavy atom. The molecule has 2 atom stereocenters. The van der Waals surface area contributed by atoms with E-state index in [0.29, 0.717) is 13.1 Å². The third kappa shape index (κ3) is 5.21. The highest BCUT2D eigenvalue weighted by atomic mass is 16.4. The molecule has 2 unspecified atom stereocenters. The lowest BCUT2D eigenvalue weighted by Gasteiger charge is -2.19. The number of rotatable bonds is 5. The van der Waals surface area contributed by atoms with Crippen LogP contribution in [0.15, 0.2) is 0 Å². The Bertz CT molecular complexity index is 210. The predicted octanol–water partition coefficient (Wildman–Crippen LogP) is 0.799. The highest BCUT2D eigenvalue weighted by Crippen LogP contribution is 2.01. The first-order valence-corrected chi connectivity index (χ1v) is 4.28. The van der Waals surface area contributed by atoms with Crippen LogP contribution in [0.5, 0.6) is 0 Å². The minimum Gasteiger partial charge on any atom is -0.481 e.